The highest BCUT2D eigenvalue weighted by Crippen LogP contribution is 2.30. The van der Waals surface area contributed by atoms with E-state index in [1.807, 2.05) is 35.2 Å². The average molecular weight is 357 g/mol. The van der Waals surface area contributed by atoms with Crippen LogP contribution in [0.4, 0.5) is 0 Å². The van der Waals surface area contributed by atoms with Crippen LogP contribution in [0.2, 0.25) is 0 Å². The summed E-state index contributed by atoms with van der Waals surface area (Å²) in [6, 6.07) is 18.3. The van der Waals surface area contributed by atoms with E-state index in [1.165, 1.54) is 5.56 Å². The molecule has 0 bridgehead atoms. The molecule has 2 aliphatic heterocycles. The van der Waals surface area contributed by atoms with Crippen molar-refractivity contribution < 1.29 is 4.79 Å². The predicted molar refractivity (Wildman–Crippen MR) is 108 cm³/mol. The molecule has 3 heterocycles. The van der Waals surface area contributed by atoms with Crippen LogP contribution in [0.1, 0.15) is 15.9 Å². The van der Waals surface area contributed by atoms with E-state index in [0.717, 1.165) is 53.9 Å². The summed E-state index contributed by atoms with van der Waals surface area (Å²) in [5.41, 5.74) is 4.76. The van der Waals surface area contributed by atoms with Gasteiger partial charge in [-0.05, 0) is 30.9 Å². The molecule has 0 unspecified atom stereocenters. The number of fused-ring (bicyclic) bond motifs is 2. The van der Waals surface area contributed by atoms with Crippen LogP contribution in [0.3, 0.4) is 0 Å². The van der Waals surface area contributed by atoms with E-state index in [4.69, 9.17) is 4.98 Å². The summed E-state index contributed by atoms with van der Waals surface area (Å²) in [6.45, 7) is 5.84. The van der Waals surface area contributed by atoms with Crippen molar-refractivity contribution in [1.82, 2.24) is 15.2 Å². The fraction of sp³-hybridized carbons (Fsp3) is 0.304. The Morgan fingerprint density at radius 2 is 1.74 bits per heavy atom. The van der Waals surface area contributed by atoms with Crippen molar-refractivity contribution in [2.24, 2.45) is 11.8 Å². The van der Waals surface area contributed by atoms with Gasteiger partial charge in [-0.15, -0.1) is 0 Å². The van der Waals surface area contributed by atoms with Gasteiger partial charge in [-0.2, -0.15) is 0 Å². The number of pyridine rings is 1. The molecule has 5 rings (SSSR count). The fourth-order valence-corrected chi connectivity index (χ4v) is 4.42. The lowest BCUT2D eigenvalue weighted by molar-refractivity contribution is 0.0783. The van der Waals surface area contributed by atoms with Crippen LogP contribution < -0.4 is 5.32 Å². The first-order valence-electron chi connectivity index (χ1n) is 9.66. The zero-order valence-electron chi connectivity index (χ0n) is 15.5. The summed E-state index contributed by atoms with van der Waals surface area (Å²) < 4.78 is 0. The van der Waals surface area contributed by atoms with E-state index in [2.05, 4.69) is 36.5 Å². The molecule has 2 fully saturated rings. The Kier molecular flexibility index (Phi) is 3.94. The summed E-state index contributed by atoms with van der Waals surface area (Å²) in [6.07, 6.45) is 0. The molecule has 3 aromatic rings. The number of para-hydroxylation sites is 1. The molecule has 2 aromatic carbocycles. The maximum atomic E-state index is 13.4. The minimum atomic E-state index is 0.136. The highest BCUT2D eigenvalue weighted by Gasteiger charge is 2.38. The number of nitrogens with zero attached hydrogens (tertiary/aromatic N) is 2. The van der Waals surface area contributed by atoms with Gasteiger partial charge in [0.05, 0.1) is 16.8 Å². The Balaban J connectivity index is 1.58. The monoisotopic (exact) mass is 357 g/mol. The Hall–Kier alpha value is -2.72. The SMILES string of the molecule is Cc1ccc(-c2cc(C(=O)N3C[C@H]4CNC[C@H]4C3)c3ccccc3n2)cc1. The molecular weight excluding hydrogens is 334 g/mol. The molecule has 0 saturated carbocycles. The van der Waals surface area contributed by atoms with Gasteiger partial charge in [0.15, 0.2) is 0 Å². The summed E-state index contributed by atoms with van der Waals surface area (Å²) in [7, 11) is 0. The summed E-state index contributed by atoms with van der Waals surface area (Å²) >= 11 is 0. The lowest BCUT2D eigenvalue weighted by atomic mass is 10.0. The largest absolute Gasteiger partial charge is 0.338 e. The number of aromatic nitrogens is 1. The van der Waals surface area contributed by atoms with Crippen molar-refractivity contribution in [2.45, 2.75) is 6.92 Å². The first-order valence-corrected chi connectivity index (χ1v) is 9.66. The molecule has 136 valence electrons. The predicted octanol–water partition coefficient (Wildman–Crippen LogP) is 3.50. The van der Waals surface area contributed by atoms with Crippen LogP contribution in [0.25, 0.3) is 22.2 Å². The summed E-state index contributed by atoms with van der Waals surface area (Å²) in [4.78, 5) is 20.3. The maximum absolute atomic E-state index is 13.4. The molecule has 4 nitrogen and oxygen atoms in total. The molecule has 1 aromatic heterocycles. The van der Waals surface area contributed by atoms with Gasteiger partial charge in [0.2, 0.25) is 0 Å². The summed E-state index contributed by atoms with van der Waals surface area (Å²) in [5.74, 6) is 1.33. The van der Waals surface area contributed by atoms with Crippen LogP contribution in [-0.4, -0.2) is 42.0 Å². The van der Waals surface area contributed by atoms with Crippen molar-refractivity contribution >= 4 is 16.8 Å². The zero-order chi connectivity index (χ0) is 18.4. The van der Waals surface area contributed by atoms with E-state index in [9.17, 15) is 4.79 Å². The molecule has 0 aliphatic carbocycles. The van der Waals surface area contributed by atoms with Gasteiger partial charge in [-0.1, -0.05) is 48.0 Å². The topological polar surface area (TPSA) is 45.2 Å². The third kappa shape index (κ3) is 2.90. The van der Waals surface area contributed by atoms with E-state index in [1.54, 1.807) is 0 Å². The van der Waals surface area contributed by atoms with Gasteiger partial charge in [-0.25, -0.2) is 4.98 Å². The number of carbonyl (C=O) groups excluding carboxylic acids is 1. The summed E-state index contributed by atoms with van der Waals surface area (Å²) in [5, 5.41) is 4.38. The van der Waals surface area contributed by atoms with Crippen LogP contribution >= 0.6 is 0 Å². The van der Waals surface area contributed by atoms with Crippen LogP contribution in [0.5, 0.6) is 0 Å². The quantitative estimate of drug-likeness (QED) is 0.763. The number of hydrogen-bond acceptors (Lipinski definition) is 3. The van der Waals surface area contributed by atoms with E-state index in [0.29, 0.717) is 11.8 Å². The van der Waals surface area contributed by atoms with Gasteiger partial charge in [0, 0.05) is 37.1 Å². The average Bonchev–Trinajstić information content (AvgIpc) is 3.29. The molecule has 0 spiro atoms. The Morgan fingerprint density at radius 3 is 2.48 bits per heavy atom. The number of likely N-dealkylation sites (tertiary alicyclic amines) is 1. The fourth-order valence-electron chi connectivity index (χ4n) is 4.42. The number of benzene rings is 2. The zero-order valence-corrected chi connectivity index (χ0v) is 15.5. The number of hydrogen-bond donors (Lipinski definition) is 1. The number of nitrogens with one attached hydrogen (secondary N) is 1. The maximum Gasteiger partial charge on any atom is 0.254 e. The molecule has 1 N–H and O–H groups in total. The molecule has 2 atom stereocenters. The number of rotatable bonds is 2. The second kappa shape index (κ2) is 6.46. The van der Waals surface area contributed by atoms with E-state index in [-0.39, 0.29) is 5.91 Å². The van der Waals surface area contributed by atoms with Gasteiger partial charge in [0.1, 0.15) is 0 Å². The minimum absolute atomic E-state index is 0.136. The van der Waals surface area contributed by atoms with Gasteiger partial charge < -0.3 is 10.2 Å². The van der Waals surface area contributed by atoms with Crippen molar-refractivity contribution in [3.63, 3.8) is 0 Å². The van der Waals surface area contributed by atoms with Crippen molar-refractivity contribution in [2.75, 3.05) is 26.2 Å². The molecule has 2 aliphatic rings. The first-order chi connectivity index (χ1) is 13.2. The highest BCUT2D eigenvalue weighted by molar-refractivity contribution is 6.07. The second-order valence-corrected chi connectivity index (χ2v) is 7.83. The third-order valence-electron chi connectivity index (χ3n) is 5.97. The van der Waals surface area contributed by atoms with Crippen LogP contribution in [-0.2, 0) is 0 Å². The molecular formula is C23H23N3O. The van der Waals surface area contributed by atoms with Gasteiger partial charge in [-0.3, -0.25) is 4.79 Å². The molecule has 2 saturated heterocycles. The molecule has 1 amide bonds. The molecule has 27 heavy (non-hydrogen) atoms. The lowest BCUT2D eigenvalue weighted by Crippen LogP contribution is -2.32. The minimum Gasteiger partial charge on any atom is -0.338 e. The van der Waals surface area contributed by atoms with Gasteiger partial charge >= 0.3 is 0 Å². The van der Waals surface area contributed by atoms with Crippen molar-refractivity contribution in [1.29, 1.82) is 0 Å². The highest BCUT2D eigenvalue weighted by atomic mass is 16.2. The number of amides is 1. The normalized spacial score (nSPS) is 21.6. The Morgan fingerprint density at radius 1 is 1.04 bits per heavy atom. The van der Waals surface area contributed by atoms with Crippen LogP contribution in [0, 0.1) is 18.8 Å². The standard InChI is InChI=1S/C23H23N3O/c1-15-6-8-16(9-7-15)22-10-20(19-4-2-3-5-21(19)25-22)23(27)26-13-17-11-24-12-18(17)14-26/h2-10,17-18,24H,11-14H2,1H3/t17-,18+. The van der Waals surface area contributed by atoms with Crippen LogP contribution in [0.15, 0.2) is 54.6 Å². The number of aryl methyl sites for hydroxylation is 1. The van der Waals surface area contributed by atoms with E-state index >= 15 is 0 Å². The van der Waals surface area contributed by atoms with Crippen molar-refractivity contribution in [3.05, 3.63) is 65.7 Å². The number of carbonyl (C=O) groups is 1. The Bertz CT molecular complexity index is 1000. The second-order valence-electron chi connectivity index (χ2n) is 7.83. The molecule has 4 heteroatoms. The Labute approximate surface area is 159 Å². The lowest BCUT2D eigenvalue weighted by Gasteiger charge is -2.19. The van der Waals surface area contributed by atoms with E-state index < -0.39 is 0 Å². The smallest absolute Gasteiger partial charge is 0.254 e. The third-order valence-corrected chi connectivity index (χ3v) is 5.97. The van der Waals surface area contributed by atoms with Crippen molar-refractivity contribution in [3.8, 4) is 11.3 Å². The molecule has 0 radical (unpaired) electrons. The van der Waals surface area contributed by atoms with Gasteiger partial charge in [0.25, 0.3) is 5.91 Å². The first kappa shape index (κ1) is 16.5.